The molecule has 2 aliphatic carbocycles. The van der Waals surface area contributed by atoms with Crippen molar-refractivity contribution in [3.8, 4) is 0 Å². The Balaban J connectivity index is 1.80. The second-order valence-corrected chi connectivity index (χ2v) is 8.82. The van der Waals surface area contributed by atoms with Crippen LogP contribution in [0.5, 0.6) is 0 Å². The normalized spacial score (nSPS) is 20.2. The number of hydrogen-bond donors (Lipinski definition) is 0. The van der Waals surface area contributed by atoms with Crippen molar-refractivity contribution in [2.45, 2.75) is 117 Å². The Hall–Kier alpha value is -0.720. The van der Waals surface area contributed by atoms with E-state index in [2.05, 4.69) is 13.8 Å². The molecule has 25 heavy (non-hydrogen) atoms. The van der Waals surface area contributed by atoms with Crippen molar-refractivity contribution in [2.75, 3.05) is 0 Å². The quantitative estimate of drug-likeness (QED) is 0.478. The van der Waals surface area contributed by atoms with Crippen LogP contribution < -0.4 is 0 Å². The van der Waals surface area contributed by atoms with Crippen LogP contribution >= 0.6 is 0 Å². The summed E-state index contributed by atoms with van der Waals surface area (Å²) in [5.41, 5.74) is 3.25. The molecule has 1 heteroatoms. The fourth-order valence-corrected chi connectivity index (χ4v) is 5.33. The van der Waals surface area contributed by atoms with E-state index in [1.807, 2.05) is 0 Å². The van der Waals surface area contributed by atoms with E-state index in [1.54, 1.807) is 11.1 Å². The van der Waals surface area contributed by atoms with Gasteiger partial charge in [0.1, 0.15) is 11.5 Å². The minimum absolute atomic E-state index is 0.882. The Bertz CT molecular complexity index is 456. The van der Waals surface area contributed by atoms with E-state index in [0.29, 0.717) is 0 Å². The Kier molecular flexibility index (Phi) is 7.49. The molecule has 1 nitrogen and oxygen atoms in total. The molecule has 0 bridgehead atoms. The van der Waals surface area contributed by atoms with Gasteiger partial charge in [-0.25, -0.2) is 0 Å². The van der Waals surface area contributed by atoms with Crippen LogP contribution in [-0.2, 0) is 25.7 Å². The first-order valence-electron chi connectivity index (χ1n) is 11.4. The van der Waals surface area contributed by atoms with Gasteiger partial charge in [-0.2, -0.15) is 0 Å². The van der Waals surface area contributed by atoms with E-state index in [-0.39, 0.29) is 0 Å². The van der Waals surface area contributed by atoms with Crippen LogP contribution in [0.2, 0.25) is 0 Å². The maximum absolute atomic E-state index is 6.66. The van der Waals surface area contributed by atoms with Crippen molar-refractivity contribution in [2.24, 2.45) is 11.8 Å². The predicted octanol–water partition coefficient (Wildman–Crippen LogP) is 7.43. The molecule has 3 rings (SSSR count). The summed E-state index contributed by atoms with van der Waals surface area (Å²) in [6, 6.07) is 0. The van der Waals surface area contributed by atoms with Crippen molar-refractivity contribution in [3.05, 3.63) is 22.6 Å². The fraction of sp³-hybridized carbons (Fsp3) is 0.833. The molecule has 0 aromatic carbocycles. The molecule has 0 N–H and O–H groups in total. The Morgan fingerprint density at radius 3 is 1.40 bits per heavy atom. The molecule has 1 aromatic rings. The van der Waals surface area contributed by atoms with Gasteiger partial charge >= 0.3 is 0 Å². The molecule has 0 atom stereocenters. The molecule has 0 saturated heterocycles. The van der Waals surface area contributed by atoms with Crippen LogP contribution in [0.1, 0.15) is 114 Å². The second-order valence-electron chi connectivity index (χ2n) is 8.82. The molecule has 0 unspecified atom stereocenters. The lowest BCUT2D eigenvalue weighted by Gasteiger charge is -2.21. The first-order valence-corrected chi connectivity index (χ1v) is 11.4. The SMILES string of the molecule is CCCc1c(CC2CCCCC2)oc(CC2CCCCC2)c1CCC. The molecular weight excluding hydrogens is 304 g/mol. The molecule has 1 heterocycles. The summed E-state index contributed by atoms with van der Waals surface area (Å²) in [5, 5.41) is 0. The maximum Gasteiger partial charge on any atom is 0.107 e. The summed E-state index contributed by atoms with van der Waals surface area (Å²) in [6.07, 6.45) is 21.7. The second kappa shape index (κ2) is 9.83. The highest BCUT2D eigenvalue weighted by Crippen LogP contribution is 2.35. The summed E-state index contributed by atoms with van der Waals surface area (Å²) in [5.74, 6) is 4.55. The summed E-state index contributed by atoms with van der Waals surface area (Å²) < 4.78 is 6.66. The van der Waals surface area contributed by atoms with Crippen molar-refractivity contribution < 1.29 is 4.42 Å². The number of furan rings is 1. The van der Waals surface area contributed by atoms with Gasteiger partial charge in [-0.05, 0) is 35.8 Å². The van der Waals surface area contributed by atoms with Crippen LogP contribution in [0.25, 0.3) is 0 Å². The predicted molar refractivity (Wildman–Crippen MR) is 107 cm³/mol. The number of hydrogen-bond acceptors (Lipinski definition) is 1. The average Bonchev–Trinajstić information content (AvgIpc) is 2.94. The highest BCUT2D eigenvalue weighted by Gasteiger charge is 2.25. The van der Waals surface area contributed by atoms with Gasteiger partial charge in [-0.1, -0.05) is 90.9 Å². The molecule has 2 aliphatic rings. The van der Waals surface area contributed by atoms with Gasteiger partial charge in [0.25, 0.3) is 0 Å². The standard InChI is InChI=1S/C24H40O/c1-3-11-21-22(12-4-2)24(18-20-15-9-6-10-16-20)25-23(21)17-19-13-7-5-8-14-19/h19-20H,3-18H2,1-2H3. The average molecular weight is 345 g/mol. The highest BCUT2D eigenvalue weighted by atomic mass is 16.3. The van der Waals surface area contributed by atoms with Gasteiger partial charge in [-0.15, -0.1) is 0 Å². The van der Waals surface area contributed by atoms with Crippen LogP contribution in [-0.4, -0.2) is 0 Å². The van der Waals surface area contributed by atoms with Gasteiger partial charge in [0.15, 0.2) is 0 Å². The lowest BCUT2D eigenvalue weighted by Crippen LogP contribution is -2.10. The molecule has 0 aliphatic heterocycles. The van der Waals surface area contributed by atoms with Gasteiger partial charge in [0.05, 0.1) is 0 Å². The Labute approximate surface area is 156 Å². The minimum atomic E-state index is 0.882. The summed E-state index contributed by atoms with van der Waals surface area (Å²) in [4.78, 5) is 0. The molecule has 0 spiro atoms. The molecule has 0 amide bonds. The molecule has 2 saturated carbocycles. The lowest BCUT2D eigenvalue weighted by atomic mass is 9.84. The topological polar surface area (TPSA) is 13.1 Å². The zero-order valence-electron chi connectivity index (χ0n) is 16.9. The molecule has 2 fully saturated rings. The molecule has 0 radical (unpaired) electrons. The van der Waals surface area contributed by atoms with Crippen LogP contribution in [0, 0.1) is 11.8 Å². The third kappa shape index (κ3) is 5.14. The van der Waals surface area contributed by atoms with Gasteiger partial charge in [-0.3, -0.25) is 0 Å². The summed E-state index contributed by atoms with van der Waals surface area (Å²) >= 11 is 0. The van der Waals surface area contributed by atoms with E-state index in [0.717, 1.165) is 11.8 Å². The Morgan fingerprint density at radius 2 is 1.04 bits per heavy atom. The smallest absolute Gasteiger partial charge is 0.107 e. The number of rotatable bonds is 8. The third-order valence-electron chi connectivity index (χ3n) is 6.68. The lowest BCUT2D eigenvalue weighted by molar-refractivity contribution is 0.309. The zero-order valence-corrected chi connectivity index (χ0v) is 16.9. The first kappa shape index (κ1) is 19.1. The van der Waals surface area contributed by atoms with Crippen LogP contribution in [0.15, 0.2) is 4.42 Å². The third-order valence-corrected chi connectivity index (χ3v) is 6.68. The van der Waals surface area contributed by atoms with E-state index < -0.39 is 0 Å². The van der Waals surface area contributed by atoms with E-state index in [9.17, 15) is 0 Å². The summed E-state index contributed by atoms with van der Waals surface area (Å²) in [7, 11) is 0. The highest BCUT2D eigenvalue weighted by molar-refractivity contribution is 5.35. The first-order chi connectivity index (χ1) is 12.3. The largest absolute Gasteiger partial charge is 0.465 e. The molecule has 1 aromatic heterocycles. The van der Waals surface area contributed by atoms with Crippen molar-refractivity contribution >= 4 is 0 Å². The van der Waals surface area contributed by atoms with Gasteiger partial charge in [0.2, 0.25) is 0 Å². The molecule has 142 valence electrons. The van der Waals surface area contributed by atoms with E-state index in [4.69, 9.17) is 4.42 Å². The minimum Gasteiger partial charge on any atom is -0.465 e. The van der Waals surface area contributed by atoms with E-state index in [1.165, 1.54) is 114 Å². The van der Waals surface area contributed by atoms with Crippen LogP contribution in [0.4, 0.5) is 0 Å². The zero-order chi connectivity index (χ0) is 17.5. The van der Waals surface area contributed by atoms with Crippen molar-refractivity contribution in [3.63, 3.8) is 0 Å². The Morgan fingerprint density at radius 1 is 0.640 bits per heavy atom. The molecular formula is C24H40O. The van der Waals surface area contributed by atoms with Gasteiger partial charge < -0.3 is 4.42 Å². The van der Waals surface area contributed by atoms with E-state index >= 15 is 0 Å². The fourth-order valence-electron chi connectivity index (χ4n) is 5.33. The maximum atomic E-state index is 6.66. The summed E-state index contributed by atoms with van der Waals surface area (Å²) in [6.45, 7) is 4.65. The van der Waals surface area contributed by atoms with Crippen LogP contribution in [0.3, 0.4) is 0 Å². The van der Waals surface area contributed by atoms with Crippen molar-refractivity contribution in [1.29, 1.82) is 0 Å². The van der Waals surface area contributed by atoms with Gasteiger partial charge in [0, 0.05) is 12.8 Å². The van der Waals surface area contributed by atoms with Crippen molar-refractivity contribution in [1.82, 2.24) is 0 Å². The monoisotopic (exact) mass is 344 g/mol.